The van der Waals surface area contributed by atoms with Crippen molar-refractivity contribution in [2.45, 2.75) is 13.8 Å². The zero-order valence-electron chi connectivity index (χ0n) is 10.2. The molecule has 2 nitrogen and oxygen atoms in total. The van der Waals surface area contributed by atoms with E-state index in [2.05, 4.69) is 0 Å². The molecule has 0 atom stereocenters. The first-order valence-electron chi connectivity index (χ1n) is 5.60. The summed E-state index contributed by atoms with van der Waals surface area (Å²) < 4.78 is 12.9. The number of rotatable bonds is 2. The summed E-state index contributed by atoms with van der Waals surface area (Å²) in [5, 5.41) is 9.22. The summed E-state index contributed by atoms with van der Waals surface area (Å²) in [6.45, 7) is 3.80. The molecule has 18 heavy (non-hydrogen) atoms. The molecule has 0 aliphatic carbocycles. The third-order valence-corrected chi connectivity index (χ3v) is 3.10. The highest BCUT2D eigenvalue weighted by Crippen LogP contribution is 2.29. The molecule has 1 N–H and O–H groups in total. The van der Waals surface area contributed by atoms with Crippen molar-refractivity contribution in [2.24, 2.45) is 0 Å². The Morgan fingerprint density at radius 2 is 1.67 bits per heavy atom. The molecule has 0 saturated heterocycles. The van der Waals surface area contributed by atoms with Gasteiger partial charge < -0.3 is 5.11 Å². The lowest BCUT2D eigenvalue weighted by molar-refractivity contribution is 0.0697. The zero-order chi connectivity index (χ0) is 13.3. The lowest BCUT2D eigenvalue weighted by Gasteiger charge is -2.12. The van der Waals surface area contributed by atoms with Crippen LogP contribution < -0.4 is 0 Å². The van der Waals surface area contributed by atoms with Crippen LogP contribution in [0.15, 0.2) is 36.4 Å². The molecule has 0 heterocycles. The normalized spacial score (nSPS) is 10.4. The zero-order valence-corrected chi connectivity index (χ0v) is 10.2. The van der Waals surface area contributed by atoms with Crippen molar-refractivity contribution in [2.75, 3.05) is 0 Å². The molecule has 0 aliphatic heterocycles. The van der Waals surface area contributed by atoms with Gasteiger partial charge in [0, 0.05) is 0 Å². The average Bonchev–Trinajstić information content (AvgIpc) is 2.33. The lowest BCUT2D eigenvalue weighted by atomic mass is 9.92. The predicted molar refractivity (Wildman–Crippen MR) is 68.3 cm³/mol. The summed E-state index contributed by atoms with van der Waals surface area (Å²) in [4.78, 5) is 11.3. The monoisotopic (exact) mass is 244 g/mol. The first-order chi connectivity index (χ1) is 8.50. The molecule has 3 heteroatoms. The quantitative estimate of drug-likeness (QED) is 0.872. The molecule has 0 bridgehead atoms. The molecule has 2 aromatic carbocycles. The molecule has 92 valence electrons. The van der Waals surface area contributed by atoms with Gasteiger partial charge in [0.15, 0.2) is 0 Å². The second kappa shape index (κ2) is 4.61. The van der Waals surface area contributed by atoms with Gasteiger partial charge in [-0.3, -0.25) is 0 Å². The Bertz CT molecular complexity index is 601. The van der Waals surface area contributed by atoms with E-state index < -0.39 is 5.97 Å². The average molecular weight is 244 g/mol. The van der Waals surface area contributed by atoms with Crippen LogP contribution in [0.25, 0.3) is 11.1 Å². The highest BCUT2D eigenvalue weighted by Gasteiger charge is 2.15. The van der Waals surface area contributed by atoms with E-state index in [1.165, 1.54) is 12.1 Å². The molecule has 2 aromatic rings. The van der Waals surface area contributed by atoms with Crippen LogP contribution in [-0.2, 0) is 0 Å². The Labute approximate surface area is 105 Å². The molecule has 0 aliphatic rings. The van der Waals surface area contributed by atoms with Crippen molar-refractivity contribution in [1.82, 2.24) is 0 Å². The number of carboxylic acids is 1. The summed E-state index contributed by atoms with van der Waals surface area (Å²) in [5.41, 5.74) is 3.53. The second-order valence-corrected chi connectivity index (χ2v) is 4.24. The van der Waals surface area contributed by atoms with E-state index in [1.807, 2.05) is 13.8 Å². The first kappa shape index (κ1) is 12.3. The van der Waals surface area contributed by atoms with Crippen LogP contribution >= 0.6 is 0 Å². The molecule has 0 spiro atoms. The van der Waals surface area contributed by atoms with Crippen LogP contribution in [0.5, 0.6) is 0 Å². The minimum atomic E-state index is -0.975. The second-order valence-electron chi connectivity index (χ2n) is 4.24. The van der Waals surface area contributed by atoms with Gasteiger partial charge in [0.05, 0.1) is 5.56 Å². The molecule has 0 unspecified atom stereocenters. The van der Waals surface area contributed by atoms with E-state index in [0.717, 1.165) is 16.7 Å². The summed E-state index contributed by atoms with van der Waals surface area (Å²) in [5.74, 6) is -1.31. The third kappa shape index (κ3) is 2.12. The smallest absolute Gasteiger partial charge is 0.336 e. The number of carbonyl (C=O) groups is 1. The van der Waals surface area contributed by atoms with Crippen molar-refractivity contribution < 1.29 is 14.3 Å². The van der Waals surface area contributed by atoms with E-state index >= 15 is 0 Å². The fraction of sp³-hybridized carbons (Fsp3) is 0.133. The topological polar surface area (TPSA) is 37.3 Å². The van der Waals surface area contributed by atoms with Crippen LogP contribution in [0.2, 0.25) is 0 Å². The SMILES string of the molecule is Cc1ccc(C(=O)O)c(-c2ccc(F)cc2)c1C. The summed E-state index contributed by atoms with van der Waals surface area (Å²) >= 11 is 0. The lowest BCUT2D eigenvalue weighted by Crippen LogP contribution is -2.02. The fourth-order valence-electron chi connectivity index (χ4n) is 1.98. The molecule has 0 aromatic heterocycles. The van der Waals surface area contributed by atoms with E-state index in [1.54, 1.807) is 24.3 Å². The third-order valence-electron chi connectivity index (χ3n) is 3.10. The molecular weight excluding hydrogens is 231 g/mol. The molecule has 2 rings (SSSR count). The highest BCUT2D eigenvalue weighted by atomic mass is 19.1. The van der Waals surface area contributed by atoms with Crippen LogP contribution in [0.4, 0.5) is 4.39 Å². The maximum Gasteiger partial charge on any atom is 0.336 e. The Morgan fingerprint density at radius 1 is 1.06 bits per heavy atom. The van der Waals surface area contributed by atoms with Gasteiger partial charge in [-0.25, -0.2) is 9.18 Å². The van der Waals surface area contributed by atoms with E-state index in [0.29, 0.717) is 5.56 Å². The van der Waals surface area contributed by atoms with Crippen LogP contribution in [0, 0.1) is 19.7 Å². The number of benzene rings is 2. The number of halogens is 1. The first-order valence-corrected chi connectivity index (χ1v) is 5.60. The van der Waals surface area contributed by atoms with Gasteiger partial charge in [-0.15, -0.1) is 0 Å². The number of hydrogen-bond donors (Lipinski definition) is 1. The predicted octanol–water partition coefficient (Wildman–Crippen LogP) is 3.81. The van der Waals surface area contributed by atoms with Crippen molar-refractivity contribution in [3.05, 3.63) is 58.9 Å². The van der Waals surface area contributed by atoms with Crippen LogP contribution in [-0.4, -0.2) is 11.1 Å². The molecular formula is C15H13FO2. The number of hydrogen-bond acceptors (Lipinski definition) is 1. The molecule has 0 saturated carbocycles. The minimum Gasteiger partial charge on any atom is -0.478 e. The summed E-state index contributed by atoms with van der Waals surface area (Å²) in [7, 11) is 0. The van der Waals surface area contributed by atoms with Gasteiger partial charge in [0.1, 0.15) is 5.82 Å². The number of aromatic carboxylic acids is 1. The minimum absolute atomic E-state index is 0.240. The maximum atomic E-state index is 12.9. The molecule has 0 fully saturated rings. The fourth-order valence-corrected chi connectivity index (χ4v) is 1.98. The van der Waals surface area contributed by atoms with E-state index in [9.17, 15) is 14.3 Å². The largest absolute Gasteiger partial charge is 0.478 e. The van der Waals surface area contributed by atoms with Gasteiger partial charge >= 0.3 is 5.97 Å². The molecule has 0 radical (unpaired) electrons. The number of carboxylic acid groups (broad SMARTS) is 1. The van der Waals surface area contributed by atoms with Crippen molar-refractivity contribution in [3.63, 3.8) is 0 Å². The number of aryl methyl sites for hydroxylation is 1. The molecule has 0 amide bonds. The Hall–Kier alpha value is -2.16. The Kier molecular flexibility index (Phi) is 3.15. The highest BCUT2D eigenvalue weighted by molar-refractivity contribution is 5.97. The van der Waals surface area contributed by atoms with E-state index in [4.69, 9.17) is 0 Å². The summed E-state index contributed by atoms with van der Waals surface area (Å²) in [6, 6.07) is 9.24. The standard InChI is InChI=1S/C15H13FO2/c1-9-3-8-13(15(17)18)14(10(9)2)11-4-6-12(16)7-5-11/h3-8H,1-2H3,(H,17,18). The van der Waals surface area contributed by atoms with Gasteiger partial charge in [-0.1, -0.05) is 18.2 Å². The van der Waals surface area contributed by atoms with Crippen LogP contribution in [0.1, 0.15) is 21.5 Å². The van der Waals surface area contributed by atoms with Crippen molar-refractivity contribution in [1.29, 1.82) is 0 Å². The van der Waals surface area contributed by atoms with Gasteiger partial charge in [0.25, 0.3) is 0 Å². The van der Waals surface area contributed by atoms with Crippen molar-refractivity contribution >= 4 is 5.97 Å². The summed E-state index contributed by atoms with van der Waals surface area (Å²) in [6.07, 6.45) is 0. The van der Waals surface area contributed by atoms with Crippen molar-refractivity contribution in [3.8, 4) is 11.1 Å². The maximum absolute atomic E-state index is 12.9. The Balaban J connectivity index is 2.71. The Morgan fingerprint density at radius 3 is 2.22 bits per heavy atom. The van der Waals surface area contributed by atoms with Gasteiger partial charge in [-0.2, -0.15) is 0 Å². The van der Waals surface area contributed by atoms with Crippen LogP contribution in [0.3, 0.4) is 0 Å². The van der Waals surface area contributed by atoms with Gasteiger partial charge in [0.2, 0.25) is 0 Å². The van der Waals surface area contributed by atoms with E-state index in [-0.39, 0.29) is 11.4 Å². The van der Waals surface area contributed by atoms with Gasteiger partial charge in [-0.05, 0) is 54.3 Å².